The Morgan fingerprint density at radius 2 is 1.73 bits per heavy atom. The number of nitrogens with one attached hydrogen (secondary N) is 1. The Hall–Kier alpha value is -3.67. The van der Waals surface area contributed by atoms with Crippen LogP contribution in [0, 0.1) is 12.8 Å². The van der Waals surface area contributed by atoms with E-state index in [0.29, 0.717) is 27.0 Å². The third-order valence-corrected chi connectivity index (χ3v) is 10.3. The summed E-state index contributed by atoms with van der Waals surface area (Å²) in [5.74, 6) is -1.64. The van der Waals surface area contributed by atoms with E-state index in [1.165, 1.54) is 21.2 Å². The highest BCUT2D eigenvalue weighted by molar-refractivity contribution is 9.10. The first kappa shape index (κ1) is 27.5. The van der Waals surface area contributed by atoms with Gasteiger partial charge >= 0.3 is 4.87 Å². The average molecular weight is 651 g/mol. The molecular weight excluding hydrogens is 626 g/mol. The molecule has 8 nitrogen and oxygen atoms in total. The normalized spacial score (nSPS) is 19.6. The van der Waals surface area contributed by atoms with Crippen LogP contribution in [0.2, 0.25) is 0 Å². The highest BCUT2D eigenvalue weighted by Gasteiger charge is 2.56. The van der Waals surface area contributed by atoms with Crippen molar-refractivity contribution in [3.8, 4) is 5.75 Å². The molecule has 1 aromatic heterocycles. The maximum Gasteiger partial charge on any atom is 0.308 e. The van der Waals surface area contributed by atoms with Crippen LogP contribution in [0.25, 0.3) is 0 Å². The SMILES string of the molecule is COc1ccc(N2C(=O)C3Sc4c(sc(=O)n4CC(=O)Nc4cccc(C)c4)C(c4ccc(Br)cc4)C3C2=O)cc1. The summed E-state index contributed by atoms with van der Waals surface area (Å²) in [5, 5.41) is 2.65. The molecule has 11 heteroatoms. The number of halogens is 1. The van der Waals surface area contributed by atoms with Gasteiger partial charge in [0.2, 0.25) is 17.7 Å². The fourth-order valence-corrected chi connectivity index (χ4v) is 8.37. The van der Waals surface area contributed by atoms with Crippen molar-refractivity contribution in [1.29, 1.82) is 0 Å². The van der Waals surface area contributed by atoms with Gasteiger partial charge in [-0.05, 0) is 66.6 Å². The van der Waals surface area contributed by atoms with E-state index >= 15 is 0 Å². The Morgan fingerprint density at radius 3 is 2.41 bits per heavy atom. The van der Waals surface area contributed by atoms with Gasteiger partial charge in [-0.25, -0.2) is 4.90 Å². The first-order chi connectivity index (χ1) is 19.7. The number of thioether (sulfide) groups is 1. The van der Waals surface area contributed by atoms with Gasteiger partial charge in [0, 0.05) is 21.0 Å². The van der Waals surface area contributed by atoms with Crippen LogP contribution in [0.15, 0.2) is 87.1 Å². The number of carbonyl (C=O) groups excluding carboxylic acids is 3. The minimum absolute atomic E-state index is 0.208. The van der Waals surface area contributed by atoms with Crippen molar-refractivity contribution in [2.75, 3.05) is 17.3 Å². The van der Waals surface area contributed by atoms with Crippen molar-refractivity contribution in [2.24, 2.45) is 5.92 Å². The number of amides is 3. The molecule has 0 aliphatic carbocycles. The molecule has 2 aliphatic heterocycles. The molecule has 4 aromatic rings. The van der Waals surface area contributed by atoms with Crippen LogP contribution in [0.5, 0.6) is 5.75 Å². The molecule has 0 spiro atoms. The maximum atomic E-state index is 14.0. The second-order valence-corrected chi connectivity index (χ2v) is 12.9. The molecule has 208 valence electrons. The van der Waals surface area contributed by atoms with Gasteiger partial charge in [-0.3, -0.25) is 23.7 Å². The number of aromatic nitrogens is 1. The van der Waals surface area contributed by atoms with Crippen LogP contribution >= 0.6 is 39.0 Å². The monoisotopic (exact) mass is 649 g/mol. The average Bonchev–Trinajstić information content (AvgIpc) is 3.40. The van der Waals surface area contributed by atoms with E-state index in [1.807, 2.05) is 49.4 Å². The molecule has 3 amide bonds. The minimum Gasteiger partial charge on any atom is -0.497 e. The molecule has 0 saturated carbocycles. The third kappa shape index (κ3) is 5.02. The summed E-state index contributed by atoms with van der Waals surface area (Å²) in [6.45, 7) is 1.72. The fraction of sp³-hybridized carbons (Fsp3) is 0.200. The zero-order chi connectivity index (χ0) is 28.8. The van der Waals surface area contributed by atoms with Gasteiger partial charge in [0.25, 0.3) is 0 Å². The number of hydrogen-bond acceptors (Lipinski definition) is 7. The number of carbonyl (C=O) groups is 3. The van der Waals surface area contributed by atoms with Crippen molar-refractivity contribution in [1.82, 2.24) is 4.57 Å². The van der Waals surface area contributed by atoms with Gasteiger partial charge in [-0.15, -0.1) is 0 Å². The second-order valence-electron chi connectivity index (χ2n) is 9.84. The van der Waals surface area contributed by atoms with Crippen LogP contribution in [0.4, 0.5) is 11.4 Å². The Balaban J connectivity index is 1.40. The van der Waals surface area contributed by atoms with E-state index in [4.69, 9.17) is 4.74 Å². The number of hydrogen-bond donors (Lipinski definition) is 1. The van der Waals surface area contributed by atoms with Crippen molar-refractivity contribution < 1.29 is 19.1 Å². The summed E-state index contributed by atoms with van der Waals surface area (Å²) in [6, 6.07) is 21.8. The molecule has 3 heterocycles. The predicted molar refractivity (Wildman–Crippen MR) is 163 cm³/mol. The molecule has 1 N–H and O–H groups in total. The lowest BCUT2D eigenvalue weighted by Crippen LogP contribution is -2.33. The molecule has 2 aliphatic rings. The molecule has 41 heavy (non-hydrogen) atoms. The van der Waals surface area contributed by atoms with E-state index < -0.39 is 17.1 Å². The van der Waals surface area contributed by atoms with Crippen LogP contribution in [0.1, 0.15) is 21.9 Å². The predicted octanol–water partition coefficient (Wildman–Crippen LogP) is 5.42. The van der Waals surface area contributed by atoms with Crippen LogP contribution < -0.4 is 19.8 Å². The lowest BCUT2D eigenvalue weighted by Gasteiger charge is -2.30. The lowest BCUT2D eigenvalue weighted by molar-refractivity contribution is -0.122. The standard InChI is InChI=1S/C30H24BrN3O5S2/c1-16-4-3-5-19(14-16)32-22(35)15-33-29-26(41-30(33)38)23(17-6-8-18(31)9-7-17)24-25(40-29)28(37)34(27(24)36)20-10-12-21(39-2)13-11-20/h3-14,23-25H,15H2,1-2H3,(H,32,35). The Bertz CT molecular complexity index is 1730. The summed E-state index contributed by atoms with van der Waals surface area (Å²) in [4.78, 5) is 55.8. The summed E-state index contributed by atoms with van der Waals surface area (Å²) in [7, 11) is 1.55. The zero-order valence-corrected chi connectivity index (χ0v) is 25.2. The molecule has 0 radical (unpaired) electrons. The number of ether oxygens (including phenoxy) is 1. The topological polar surface area (TPSA) is 97.7 Å². The molecule has 3 aromatic carbocycles. The molecule has 1 saturated heterocycles. The lowest BCUT2D eigenvalue weighted by atomic mass is 9.83. The number of methoxy groups -OCH3 is 1. The van der Waals surface area contributed by atoms with E-state index in [2.05, 4.69) is 21.2 Å². The van der Waals surface area contributed by atoms with Crippen molar-refractivity contribution in [3.05, 3.63) is 103 Å². The van der Waals surface area contributed by atoms with Crippen molar-refractivity contribution in [3.63, 3.8) is 0 Å². The van der Waals surface area contributed by atoms with Gasteiger partial charge in [-0.1, -0.05) is 63.3 Å². The number of aryl methyl sites for hydroxylation is 1. The third-order valence-electron chi connectivity index (χ3n) is 7.21. The number of benzene rings is 3. The molecule has 3 unspecified atom stereocenters. The number of nitrogens with zero attached hydrogens (tertiary/aromatic N) is 2. The second kappa shape index (κ2) is 11.0. The molecule has 1 fully saturated rings. The van der Waals surface area contributed by atoms with Crippen LogP contribution in [-0.2, 0) is 20.9 Å². The van der Waals surface area contributed by atoms with Gasteiger partial charge in [0.15, 0.2) is 0 Å². The number of thiazole rings is 1. The summed E-state index contributed by atoms with van der Waals surface area (Å²) in [6.07, 6.45) is 0. The Labute approximate surface area is 252 Å². The quantitative estimate of drug-likeness (QED) is 0.280. The summed E-state index contributed by atoms with van der Waals surface area (Å²) < 4.78 is 7.53. The number of imide groups is 1. The van der Waals surface area contributed by atoms with Gasteiger partial charge in [0.05, 0.1) is 23.7 Å². The zero-order valence-electron chi connectivity index (χ0n) is 22.0. The minimum atomic E-state index is -0.758. The van der Waals surface area contributed by atoms with E-state index in [1.54, 1.807) is 37.4 Å². The molecule has 6 rings (SSSR count). The smallest absolute Gasteiger partial charge is 0.308 e. The van der Waals surface area contributed by atoms with Crippen LogP contribution in [-0.4, -0.2) is 34.6 Å². The fourth-order valence-electron chi connectivity index (χ4n) is 5.34. The summed E-state index contributed by atoms with van der Waals surface area (Å²) in [5.41, 5.74) is 2.92. The van der Waals surface area contributed by atoms with Crippen molar-refractivity contribution in [2.45, 2.75) is 29.7 Å². The number of anilines is 2. The largest absolute Gasteiger partial charge is 0.497 e. The van der Waals surface area contributed by atoms with E-state index in [9.17, 15) is 19.2 Å². The first-order valence-corrected chi connectivity index (χ1v) is 15.3. The van der Waals surface area contributed by atoms with Gasteiger partial charge < -0.3 is 10.1 Å². The Morgan fingerprint density at radius 1 is 1.00 bits per heavy atom. The maximum absolute atomic E-state index is 14.0. The van der Waals surface area contributed by atoms with E-state index in [-0.39, 0.29) is 29.1 Å². The van der Waals surface area contributed by atoms with Crippen LogP contribution in [0.3, 0.4) is 0 Å². The van der Waals surface area contributed by atoms with Gasteiger partial charge in [0.1, 0.15) is 17.5 Å². The van der Waals surface area contributed by atoms with E-state index in [0.717, 1.165) is 26.9 Å². The number of rotatable bonds is 6. The highest BCUT2D eigenvalue weighted by atomic mass is 79.9. The van der Waals surface area contributed by atoms with Gasteiger partial charge in [-0.2, -0.15) is 0 Å². The molecule has 0 bridgehead atoms. The Kier molecular flexibility index (Phi) is 7.35. The first-order valence-electron chi connectivity index (χ1n) is 12.8. The van der Waals surface area contributed by atoms with Crippen molar-refractivity contribution >= 4 is 68.1 Å². The number of fused-ring (bicyclic) bond motifs is 2. The molecular formula is C30H24BrN3O5S2. The molecule has 3 atom stereocenters. The highest BCUT2D eigenvalue weighted by Crippen LogP contribution is 2.54. The summed E-state index contributed by atoms with van der Waals surface area (Å²) >= 11 is 5.68.